The Morgan fingerprint density at radius 1 is 1.12 bits per heavy atom. The third-order valence-corrected chi connectivity index (χ3v) is 5.01. The molecule has 0 aliphatic rings. The van der Waals surface area contributed by atoms with Gasteiger partial charge in [0.1, 0.15) is 5.60 Å². The maximum atomic E-state index is 12.4. The van der Waals surface area contributed by atoms with Gasteiger partial charge in [-0.2, -0.15) is 5.26 Å². The van der Waals surface area contributed by atoms with Crippen molar-refractivity contribution in [3.8, 4) is 6.07 Å². The monoisotopic (exact) mass is 345 g/mol. The first-order chi connectivity index (χ1) is 11.1. The Morgan fingerprint density at radius 2 is 1.75 bits per heavy atom. The summed E-state index contributed by atoms with van der Waals surface area (Å²) >= 11 is 0. The second-order valence-corrected chi connectivity index (χ2v) is 8.60. The highest BCUT2D eigenvalue weighted by Gasteiger charge is 2.21. The number of hydrogen-bond donors (Lipinski definition) is 0. The molecule has 0 fully saturated rings. The summed E-state index contributed by atoms with van der Waals surface area (Å²) in [6, 6.07) is 11.8. The zero-order valence-electron chi connectivity index (χ0n) is 13.9. The van der Waals surface area contributed by atoms with Crippen LogP contribution in [0, 0.1) is 11.3 Å². The standard InChI is InChI=1S/C18H19NO4S/c1-18(2,3)23-17(20)8-9-24(21,22)16-7-6-14-10-13(12-19)4-5-15(14)11-16/h4-7,10-11H,8-9H2,1-3H3. The van der Waals surface area contributed by atoms with E-state index in [0.717, 1.165) is 10.8 Å². The molecule has 5 nitrogen and oxygen atoms in total. The predicted molar refractivity (Wildman–Crippen MR) is 91.2 cm³/mol. The Morgan fingerprint density at radius 3 is 2.38 bits per heavy atom. The van der Waals surface area contributed by atoms with Crippen LogP contribution in [-0.2, 0) is 19.4 Å². The topological polar surface area (TPSA) is 84.2 Å². The molecule has 0 N–H and O–H groups in total. The van der Waals surface area contributed by atoms with Crippen LogP contribution in [0.3, 0.4) is 0 Å². The first kappa shape index (κ1) is 18.0. The molecule has 24 heavy (non-hydrogen) atoms. The maximum Gasteiger partial charge on any atom is 0.307 e. The van der Waals surface area contributed by atoms with Gasteiger partial charge in [0, 0.05) is 0 Å². The van der Waals surface area contributed by atoms with Gasteiger partial charge < -0.3 is 4.74 Å². The lowest BCUT2D eigenvalue weighted by Gasteiger charge is -2.19. The third-order valence-electron chi connectivity index (χ3n) is 3.29. The third kappa shape index (κ3) is 4.56. The smallest absolute Gasteiger partial charge is 0.307 e. The van der Waals surface area contributed by atoms with Crippen LogP contribution in [0.1, 0.15) is 32.8 Å². The van der Waals surface area contributed by atoms with Gasteiger partial charge in [0.05, 0.1) is 28.7 Å². The highest BCUT2D eigenvalue weighted by atomic mass is 32.2. The average molecular weight is 345 g/mol. The molecule has 0 saturated carbocycles. The minimum absolute atomic E-state index is 0.156. The molecule has 0 saturated heterocycles. The van der Waals surface area contributed by atoms with Crippen molar-refractivity contribution in [2.45, 2.75) is 37.7 Å². The molecule has 0 aliphatic carbocycles. The Balaban J connectivity index is 2.19. The number of rotatable bonds is 4. The second-order valence-electron chi connectivity index (χ2n) is 6.49. The molecule has 6 heteroatoms. The number of esters is 1. The normalized spacial score (nSPS) is 11.9. The van der Waals surface area contributed by atoms with E-state index in [4.69, 9.17) is 10.00 Å². The van der Waals surface area contributed by atoms with E-state index in [1.165, 1.54) is 6.07 Å². The Bertz CT molecular complexity index is 918. The minimum atomic E-state index is -3.58. The van der Waals surface area contributed by atoms with Gasteiger partial charge in [-0.05, 0) is 55.8 Å². The molecular weight excluding hydrogens is 326 g/mol. The van der Waals surface area contributed by atoms with Crippen molar-refractivity contribution in [2.75, 3.05) is 5.75 Å². The van der Waals surface area contributed by atoms with Crippen molar-refractivity contribution in [3.05, 3.63) is 42.0 Å². The predicted octanol–water partition coefficient (Wildman–Crippen LogP) is 3.22. The molecule has 0 radical (unpaired) electrons. The molecule has 0 heterocycles. The van der Waals surface area contributed by atoms with E-state index in [1.807, 2.05) is 6.07 Å². The molecule has 2 aromatic carbocycles. The van der Waals surface area contributed by atoms with Gasteiger partial charge in [-0.25, -0.2) is 8.42 Å². The molecule has 0 aliphatic heterocycles. The van der Waals surface area contributed by atoms with Gasteiger partial charge in [-0.15, -0.1) is 0 Å². The molecule has 0 spiro atoms. The first-order valence-corrected chi connectivity index (χ1v) is 9.14. The largest absolute Gasteiger partial charge is 0.460 e. The van der Waals surface area contributed by atoms with Crippen molar-refractivity contribution < 1.29 is 17.9 Å². The van der Waals surface area contributed by atoms with Crippen molar-refractivity contribution in [1.29, 1.82) is 5.26 Å². The second kappa shape index (κ2) is 6.62. The molecule has 0 amide bonds. The van der Waals surface area contributed by atoms with Crippen molar-refractivity contribution in [2.24, 2.45) is 0 Å². The minimum Gasteiger partial charge on any atom is -0.460 e. The lowest BCUT2D eigenvalue weighted by atomic mass is 10.1. The molecule has 2 rings (SSSR count). The molecule has 126 valence electrons. The number of fused-ring (bicyclic) bond motifs is 1. The van der Waals surface area contributed by atoms with E-state index in [1.54, 1.807) is 51.1 Å². The summed E-state index contributed by atoms with van der Waals surface area (Å²) in [6.45, 7) is 5.20. The summed E-state index contributed by atoms with van der Waals surface area (Å²) in [7, 11) is -3.58. The van der Waals surface area contributed by atoms with Crippen LogP contribution < -0.4 is 0 Å². The van der Waals surface area contributed by atoms with Crippen molar-refractivity contribution >= 4 is 26.6 Å². The van der Waals surface area contributed by atoms with Crippen LogP contribution in [0.4, 0.5) is 0 Å². The van der Waals surface area contributed by atoms with Gasteiger partial charge in [-0.1, -0.05) is 12.1 Å². The Hall–Kier alpha value is -2.39. The van der Waals surface area contributed by atoms with E-state index < -0.39 is 21.4 Å². The van der Waals surface area contributed by atoms with E-state index >= 15 is 0 Å². The van der Waals surface area contributed by atoms with Gasteiger partial charge in [0.15, 0.2) is 9.84 Å². The number of nitrogens with zero attached hydrogens (tertiary/aromatic N) is 1. The Kier molecular flexibility index (Phi) is 4.95. The zero-order valence-corrected chi connectivity index (χ0v) is 14.7. The van der Waals surface area contributed by atoms with Gasteiger partial charge in [0.2, 0.25) is 0 Å². The summed E-state index contributed by atoms with van der Waals surface area (Å²) in [5.74, 6) is -0.838. The number of ether oxygens (including phenoxy) is 1. The molecule has 0 aromatic heterocycles. The quantitative estimate of drug-likeness (QED) is 0.794. The molecule has 2 aromatic rings. The van der Waals surface area contributed by atoms with E-state index in [9.17, 15) is 13.2 Å². The SMILES string of the molecule is CC(C)(C)OC(=O)CCS(=O)(=O)c1ccc2cc(C#N)ccc2c1. The fourth-order valence-corrected chi connectivity index (χ4v) is 3.47. The van der Waals surface area contributed by atoms with Crippen LogP contribution in [0.2, 0.25) is 0 Å². The highest BCUT2D eigenvalue weighted by molar-refractivity contribution is 7.91. The van der Waals surface area contributed by atoms with Crippen molar-refractivity contribution in [1.82, 2.24) is 0 Å². The summed E-state index contributed by atoms with van der Waals surface area (Å²) < 4.78 is 29.9. The average Bonchev–Trinajstić information content (AvgIpc) is 2.50. The molecule has 0 bridgehead atoms. The van der Waals surface area contributed by atoms with E-state index in [-0.39, 0.29) is 17.1 Å². The maximum absolute atomic E-state index is 12.4. The fraction of sp³-hybridized carbons (Fsp3) is 0.333. The first-order valence-electron chi connectivity index (χ1n) is 7.49. The van der Waals surface area contributed by atoms with Crippen LogP contribution in [-0.4, -0.2) is 25.7 Å². The highest BCUT2D eigenvalue weighted by Crippen LogP contribution is 2.22. The molecule has 0 unspecified atom stereocenters. The number of carbonyl (C=O) groups is 1. The van der Waals surface area contributed by atoms with Gasteiger partial charge in [0.25, 0.3) is 0 Å². The zero-order chi connectivity index (χ0) is 18.0. The Labute approximate surface area is 141 Å². The fourth-order valence-electron chi connectivity index (χ4n) is 2.21. The lowest BCUT2D eigenvalue weighted by molar-refractivity contribution is -0.154. The van der Waals surface area contributed by atoms with Gasteiger partial charge in [-0.3, -0.25) is 4.79 Å². The molecular formula is C18H19NO4S. The van der Waals surface area contributed by atoms with E-state index in [0.29, 0.717) is 5.56 Å². The van der Waals surface area contributed by atoms with Crippen LogP contribution >= 0.6 is 0 Å². The number of sulfone groups is 1. The van der Waals surface area contributed by atoms with Crippen LogP contribution in [0.15, 0.2) is 41.3 Å². The summed E-state index contributed by atoms with van der Waals surface area (Å²) in [5.41, 5.74) is -0.120. The lowest BCUT2D eigenvalue weighted by Crippen LogP contribution is -2.25. The molecule has 0 atom stereocenters. The summed E-state index contributed by atoms with van der Waals surface area (Å²) in [5, 5.41) is 10.4. The van der Waals surface area contributed by atoms with E-state index in [2.05, 4.69) is 0 Å². The number of nitriles is 1. The van der Waals surface area contributed by atoms with Crippen LogP contribution in [0.25, 0.3) is 10.8 Å². The number of benzene rings is 2. The summed E-state index contributed by atoms with van der Waals surface area (Å²) in [4.78, 5) is 11.9. The number of hydrogen-bond acceptors (Lipinski definition) is 5. The number of carbonyl (C=O) groups excluding carboxylic acids is 1. The summed E-state index contributed by atoms with van der Waals surface area (Å²) in [6.07, 6.45) is -0.189. The van der Waals surface area contributed by atoms with Gasteiger partial charge >= 0.3 is 5.97 Å². The van der Waals surface area contributed by atoms with Crippen LogP contribution in [0.5, 0.6) is 0 Å². The van der Waals surface area contributed by atoms with Crippen molar-refractivity contribution in [3.63, 3.8) is 0 Å².